The van der Waals surface area contributed by atoms with Gasteiger partial charge in [-0.2, -0.15) is 15.0 Å². The van der Waals surface area contributed by atoms with Crippen LogP contribution in [0.1, 0.15) is 39.6 Å². The molecular weight excluding hydrogens is 450 g/mol. The lowest BCUT2D eigenvalue weighted by molar-refractivity contribution is 0.0600. The number of rotatable bonds is 5. The molecule has 1 saturated heterocycles. The molecule has 1 N–H and O–H groups in total. The number of carbonyl (C=O) groups excluding carboxylic acids is 2. The molecule has 4 rings (SSSR count). The number of carboxylic acid groups (broad SMARTS) is 1. The number of benzene rings is 2. The predicted octanol–water partition coefficient (Wildman–Crippen LogP) is 2.88. The minimum atomic E-state index is -1.01. The lowest BCUT2D eigenvalue weighted by Crippen LogP contribution is -2.47. The summed E-state index contributed by atoms with van der Waals surface area (Å²) >= 11 is 0. The topological polar surface area (TPSA) is 118 Å². The average Bonchev–Trinajstić information content (AvgIpc) is 3.35. The van der Waals surface area contributed by atoms with Crippen LogP contribution in [0, 0.1) is 0 Å². The largest absolute Gasteiger partial charge is 0.465 e. The molecule has 1 fully saturated rings. The molecule has 0 radical (unpaired) electrons. The van der Waals surface area contributed by atoms with Crippen molar-refractivity contribution in [3.63, 3.8) is 0 Å². The second-order valence-corrected chi connectivity index (χ2v) is 8.46. The second kappa shape index (κ2) is 10.4. The summed E-state index contributed by atoms with van der Waals surface area (Å²) < 4.78 is 4.84. The van der Waals surface area contributed by atoms with E-state index in [0.717, 1.165) is 5.56 Å². The monoisotopic (exact) mass is 477 g/mol. The van der Waals surface area contributed by atoms with Gasteiger partial charge in [-0.05, 0) is 43.5 Å². The molecular formula is C25H27N5O5. The van der Waals surface area contributed by atoms with Crippen molar-refractivity contribution in [1.82, 2.24) is 24.8 Å². The standard InChI is InChI=1S/C25H27N5O5/c1-17-10-13-28(25(33)34)20(14-18-6-4-3-5-7-18)16-29(17)23(31)21-15-19(24(32)35-2)8-9-22(21)30-26-11-12-27-30/h3-9,11-12,15,17,20H,10,13-14,16H2,1-2H3,(H,33,34)/t17-,20?/m1/s1. The summed E-state index contributed by atoms with van der Waals surface area (Å²) in [4.78, 5) is 42.6. The summed E-state index contributed by atoms with van der Waals surface area (Å²) in [5.74, 6) is -0.900. The fraction of sp³-hybridized carbons (Fsp3) is 0.320. The van der Waals surface area contributed by atoms with Crippen LogP contribution in [0.5, 0.6) is 0 Å². The average molecular weight is 478 g/mol. The molecule has 3 aromatic rings. The predicted molar refractivity (Wildman–Crippen MR) is 126 cm³/mol. The van der Waals surface area contributed by atoms with Crippen LogP contribution in [-0.2, 0) is 11.2 Å². The Hall–Kier alpha value is -4.21. The van der Waals surface area contributed by atoms with Gasteiger partial charge in [-0.3, -0.25) is 4.79 Å². The summed E-state index contributed by atoms with van der Waals surface area (Å²) in [6.07, 6.45) is 2.94. The van der Waals surface area contributed by atoms with E-state index < -0.39 is 18.1 Å². The quantitative estimate of drug-likeness (QED) is 0.562. The van der Waals surface area contributed by atoms with Crippen molar-refractivity contribution < 1.29 is 24.2 Å². The maximum absolute atomic E-state index is 14.0. The highest BCUT2D eigenvalue weighted by atomic mass is 16.5. The summed E-state index contributed by atoms with van der Waals surface area (Å²) in [5.41, 5.74) is 1.86. The van der Waals surface area contributed by atoms with Crippen LogP contribution in [0.4, 0.5) is 4.79 Å². The molecule has 2 atom stereocenters. The molecule has 2 heterocycles. The summed E-state index contributed by atoms with van der Waals surface area (Å²) in [6.45, 7) is 2.42. The van der Waals surface area contributed by atoms with E-state index in [-0.39, 0.29) is 29.6 Å². The molecule has 0 aliphatic carbocycles. The van der Waals surface area contributed by atoms with E-state index in [1.807, 2.05) is 37.3 Å². The van der Waals surface area contributed by atoms with Crippen molar-refractivity contribution in [2.24, 2.45) is 0 Å². The van der Waals surface area contributed by atoms with Crippen LogP contribution in [0.15, 0.2) is 60.9 Å². The van der Waals surface area contributed by atoms with Crippen LogP contribution in [0.25, 0.3) is 5.69 Å². The van der Waals surface area contributed by atoms with Gasteiger partial charge in [0, 0.05) is 19.1 Å². The van der Waals surface area contributed by atoms with Crippen molar-refractivity contribution >= 4 is 18.0 Å². The zero-order valence-electron chi connectivity index (χ0n) is 19.6. The highest BCUT2D eigenvalue weighted by molar-refractivity contribution is 6.01. The molecule has 1 aliphatic rings. The maximum atomic E-state index is 14.0. The van der Waals surface area contributed by atoms with Crippen molar-refractivity contribution in [2.45, 2.75) is 31.8 Å². The zero-order valence-corrected chi connectivity index (χ0v) is 19.6. The Balaban J connectivity index is 1.72. The van der Waals surface area contributed by atoms with Gasteiger partial charge in [0.25, 0.3) is 5.91 Å². The zero-order chi connectivity index (χ0) is 24.9. The number of methoxy groups -OCH3 is 1. The van der Waals surface area contributed by atoms with Gasteiger partial charge >= 0.3 is 12.1 Å². The van der Waals surface area contributed by atoms with Crippen LogP contribution in [0.3, 0.4) is 0 Å². The van der Waals surface area contributed by atoms with E-state index in [9.17, 15) is 19.5 Å². The minimum Gasteiger partial charge on any atom is -0.465 e. The fourth-order valence-corrected chi connectivity index (χ4v) is 4.39. The highest BCUT2D eigenvalue weighted by Crippen LogP contribution is 2.24. The Bertz CT molecular complexity index is 1200. The molecule has 0 spiro atoms. The van der Waals surface area contributed by atoms with Crippen LogP contribution >= 0.6 is 0 Å². The number of hydrogen-bond acceptors (Lipinski definition) is 6. The Morgan fingerprint density at radius 3 is 2.43 bits per heavy atom. The molecule has 2 aromatic carbocycles. The molecule has 0 saturated carbocycles. The van der Waals surface area contributed by atoms with E-state index in [0.29, 0.717) is 25.1 Å². The Morgan fingerprint density at radius 1 is 1.06 bits per heavy atom. The third-order valence-corrected chi connectivity index (χ3v) is 6.27. The van der Waals surface area contributed by atoms with Crippen molar-refractivity contribution in [1.29, 1.82) is 0 Å². The van der Waals surface area contributed by atoms with E-state index in [2.05, 4.69) is 10.2 Å². The van der Waals surface area contributed by atoms with Gasteiger partial charge in [0.1, 0.15) is 0 Å². The summed E-state index contributed by atoms with van der Waals surface area (Å²) in [7, 11) is 1.28. The first kappa shape index (κ1) is 23.9. The molecule has 1 aliphatic heterocycles. The van der Waals surface area contributed by atoms with Crippen LogP contribution < -0.4 is 0 Å². The van der Waals surface area contributed by atoms with Crippen LogP contribution in [-0.4, -0.2) is 80.2 Å². The lowest BCUT2D eigenvalue weighted by atomic mass is 10.0. The molecule has 2 amide bonds. The lowest BCUT2D eigenvalue weighted by Gasteiger charge is -2.32. The van der Waals surface area contributed by atoms with Gasteiger partial charge in [-0.15, -0.1) is 0 Å². The van der Waals surface area contributed by atoms with Gasteiger partial charge < -0.3 is 19.6 Å². The Morgan fingerprint density at radius 2 is 1.77 bits per heavy atom. The first-order valence-electron chi connectivity index (χ1n) is 11.3. The van der Waals surface area contributed by atoms with Gasteiger partial charge in [0.05, 0.1) is 42.4 Å². The number of aromatic nitrogens is 3. The summed E-state index contributed by atoms with van der Waals surface area (Å²) in [6, 6.07) is 13.6. The SMILES string of the molecule is COC(=O)c1ccc(-n2nccn2)c(C(=O)N2CC(Cc3ccccc3)N(C(=O)O)CC[C@H]2C)c1. The summed E-state index contributed by atoms with van der Waals surface area (Å²) in [5, 5.41) is 18.2. The van der Waals surface area contributed by atoms with Gasteiger partial charge in [0.15, 0.2) is 0 Å². The van der Waals surface area contributed by atoms with E-state index in [1.165, 1.54) is 35.3 Å². The molecule has 10 nitrogen and oxygen atoms in total. The molecule has 1 aromatic heterocycles. The van der Waals surface area contributed by atoms with E-state index in [1.54, 1.807) is 17.0 Å². The molecule has 182 valence electrons. The molecule has 10 heteroatoms. The van der Waals surface area contributed by atoms with Gasteiger partial charge in [-0.1, -0.05) is 30.3 Å². The second-order valence-electron chi connectivity index (χ2n) is 8.46. The fourth-order valence-electron chi connectivity index (χ4n) is 4.39. The van der Waals surface area contributed by atoms with E-state index in [4.69, 9.17) is 4.74 Å². The first-order valence-corrected chi connectivity index (χ1v) is 11.3. The van der Waals surface area contributed by atoms with Gasteiger partial charge in [-0.25, -0.2) is 9.59 Å². The third-order valence-electron chi connectivity index (χ3n) is 6.27. The number of ether oxygens (including phenoxy) is 1. The maximum Gasteiger partial charge on any atom is 0.407 e. The third kappa shape index (κ3) is 5.16. The Kier molecular flexibility index (Phi) is 7.09. The van der Waals surface area contributed by atoms with Gasteiger partial charge in [0.2, 0.25) is 0 Å². The van der Waals surface area contributed by atoms with Crippen molar-refractivity contribution in [2.75, 3.05) is 20.2 Å². The number of esters is 1. The first-order chi connectivity index (χ1) is 16.9. The molecule has 0 bridgehead atoms. The molecule has 1 unspecified atom stereocenters. The number of amides is 2. The Labute approximate surface area is 202 Å². The smallest absolute Gasteiger partial charge is 0.407 e. The van der Waals surface area contributed by atoms with E-state index >= 15 is 0 Å². The minimum absolute atomic E-state index is 0.204. The molecule has 35 heavy (non-hydrogen) atoms. The van der Waals surface area contributed by atoms with Crippen molar-refractivity contribution in [3.8, 4) is 5.69 Å². The number of nitrogens with zero attached hydrogens (tertiary/aromatic N) is 5. The highest BCUT2D eigenvalue weighted by Gasteiger charge is 2.35. The van der Waals surface area contributed by atoms with Crippen molar-refractivity contribution in [3.05, 3.63) is 77.6 Å². The normalized spacial score (nSPS) is 18.1. The van der Waals surface area contributed by atoms with Crippen LogP contribution in [0.2, 0.25) is 0 Å². The number of hydrogen-bond donors (Lipinski definition) is 1. The number of carbonyl (C=O) groups is 3.